The fraction of sp³-hybridized carbons (Fsp3) is 0.360. The minimum Gasteiger partial charge on any atom is -0.370 e. The minimum atomic E-state index is 0.456. The molecule has 4 heteroatoms. The number of hydrogen-bond donors (Lipinski definition) is 2. The largest absolute Gasteiger partial charge is 0.370 e. The van der Waals surface area contributed by atoms with Crippen molar-refractivity contribution >= 4 is 11.8 Å². The summed E-state index contributed by atoms with van der Waals surface area (Å²) in [6.07, 6.45) is 2.40. The maximum absolute atomic E-state index is 4.91. The lowest BCUT2D eigenvalue weighted by atomic mass is 9.68. The van der Waals surface area contributed by atoms with Gasteiger partial charge < -0.3 is 10.6 Å². The molecule has 2 atom stereocenters. The zero-order valence-corrected chi connectivity index (χ0v) is 17.3. The predicted octanol–water partition coefficient (Wildman–Crippen LogP) is 5.82. The normalized spacial score (nSPS) is 18.3. The summed E-state index contributed by atoms with van der Waals surface area (Å²) in [4.78, 5) is 9.64. The van der Waals surface area contributed by atoms with Crippen molar-refractivity contribution in [1.29, 1.82) is 0 Å². The van der Waals surface area contributed by atoms with Gasteiger partial charge in [0, 0.05) is 25.1 Å². The summed E-state index contributed by atoms with van der Waals surface area (Å²) in [6.45, 7) is 6.05. The van der Waals surface area contributed by atoms with Gasteiger partial charge in [-0.25, -0.2) is 4.98 Å². The number of benzene rings is 2. The van der Waals surface area contributed by atoms with E-state index in [4.69, 9.17) is 9.97 Å². The van der Waals surface area contributed by atoms with E-state index in [1.807, 2.05) is 6.07 Å². The number of anilines is 2. The molecule has 0 bridgehead atoms. The van der Waals surface area contributed by atoms with Crippen LogP contribution in [0.25, 0.3) is 0 Å². The van der Waals surface area contributed by atoms with Crippen molar-refractivity contribution in [3.8, 4) is 0 Å². The highest BCUT2D eigenvalue weighted by atomic mass is 15.1. The van der Waals surface area contributed by atoms with Crippen LogP contribution in [0.4, 0.5) is 11.8 Å². The molecule has 150 valence electrons. The average molecular weight is 387 g/mol. The molecule has 1 aliphatic carbocycles. The Kier molecular flexibility index (Phi) is 6.09. The number of hydrogen-bond acceptors (Lipinski definition) is 4. The van der Waals surface area contributed by atoms with Gasteiger partial charge in [0.25, 0.3) is 0 Å². The second-order valence-corrected chi connectivity index (χ2v) is 8.32. The van der Waals surface area contributed by atoms with E-state index in [2.05, 4.69) is 85.1 Å². The molecular formula is C25H30N4. The van der Waals surface area contributed by atoms with Crippen LogP contribution < -0.4 is 10.6 Å². The van der Waals surface area contributed by atoms with E-state index in [0.29, 0.717) is 23.7 Å². The first-order chi connectivity index (χ1) is 14.2. The molecule has 1 aliphatic rings. The number of nitrogens with one attached hydrogen (secondary N) is 2. The highest BCUT2D eigenvalue weighted by molar-refractivity contribution is 5.45. The second kappa shape index (κ2) is 9.08. The van der Waals surface area contributed by atoms with Gasteiger partial charge in [-0.15, -0.1) is 0 Å². The van der Waals surface area contributed by atoms with E-state index in [9.17, 15) is 0 Å². The fourth-order valence-electron chi connectivity index (χ4n) is 3.86. The molecule has 1 fully saturated rings. The topological polar surface area (TPSA) is 49.8 Å². The van der Waals surface area contributed by atoms with E-state index in [-0.39, 0.29) is 0 Å². The molecule has 0 aliphatic heterocycles. The standard InChI is InChI=1S/C25H30N4/c1-18(2)16-26-24-15-23(22-14-13-21(22)20-11-7-4-8-12-20)28-25(29-24)27-17-19-9-5-3-6-10-19/h3-12,15,18,21-22H,13-14,16-17H2,1-2H3,(H2,26,27,28,29)/t21?,22-/m0/s1. The quantitative estimate of drug-likeness (QED) is 0.512. The molecule has 0 radical (unpaired) electrons. The van der Waals surface area contributed by atoms with Crippen LogP contribution in [0, 0.1) is 5.92 Å². The first-order valence-corrected chi connectivity index (χ1v) is 10.6. The van der Waals surface area contributed by atoms with Gasteiger partial charge in [0.1, 0.15) is 5.82 Å². The van der Waals surface area contributed by atoms with Gasteiger partial charge >= 0.3 is 0 Å². The van der Waals surface area contributed by atoms with Crippen LogP contribution in [-0.4, -0.2) is 16.5 Å². The molecule has 0 spiro atoms. The van der Waals surface area contributed by atoms with Gasteiger partial charge in [0.05, 0.1) is 5.69 Å². The first-order valence-electron chi connectivity index (χ1n) is 10.6. The van der Waals surface area contributed by atoms with E-state index in [1.54, 1.807) is 0 Å². The molecule has 1 unspecified atom stereocenters. The van der Waals surface area contributed by atoms with Crippen molar-refractivity contribution < 1.29 is 0 Å². The van der Waals surface area contributed by atoms with Crippen molar-refractivity contribution in [2.45, 2.75) is 45.1 Å². The monoisotopic (exact) mass is 386 g/mol. The Balaban J connectivity index is 1.56. The maximum atomic E-state index is 4.91. The Hall–Kier alpha value is -2.88. The lowest BCUT2D eigenvalue weighted by molar-refractivity contribution is 0.340. The van der Waals surface area contributed by atoms with Crippen molar-refractivity contribution in [3.05, 3.63) is 83.6 Å². The summed E-state index contributed by atoms with van der Waals surface area (Å²) in [6, 6.07) is 23.4. The molecule has 4 nitrogen and oxygen atoms in total. The van der Waals surface area contributed by atoms with Gasteiger partial charge in [0.15, 0.2) is 0 Å². The van der Waals surface area contributed by atoms with Gasteiger partial charge in [-0.2, -0.15) is 4.98 Å². The lowest BCUT2D eigenvalue weighted by Gasteiger charge is -2.37. The highest BCUT2D eigenvalue weighted by Gasteiger charge is 2.34. The molecule has 1 heterocycles. The Morgan fingerprint density at radius 2 is 1.55 bits per heavy atom. The van der Waals surface area contributed by atoms with Crippen LogP contribution in [0.2, 0.25) is 0 Å². The van der Waals surface area contributed by atoms with Crippen LogP contribution in [0.1, 0.15) is 55.3 Å². The molecule has 0 amide bonds. The zero-order chi connectivity index (χ0) is 20.1. The molecule has 3 aromatic rings. The Morgan fingerprint density at radius 1 is 0.862 bits per heavy atom. The number of rotatable bonds is 8. The molecule has 0 saturated heterocycles. The van der Waals surface area contributed by atoms with Crippen LogP contribution >= 0.6 is 0 Å². The highest BCUT2D eigenvalue weighted by Crippen LogP contribution is 2.48. The van der Waals surface area contributed by atoms with Crippen molar-refractivity contribution in [1.82, 2.24) is 9.97 Å². The Labute approximate surface area is 173 Å². The van der Waals surface area contributed by atoms with Gasteiger partial charge in [-0.1, -0.05) is 74.5 Å². The van der Waals surface area contributed by atoms with Gasteiger partial charge in [0.2, 0.25) is 5.95 Å². The SMILES string of the molecule is CC(C)CNc1cc([C@H]2CCC2c2ccccc2)nc(NCc2ccccc2)n1. The zero-order valence-electron chi connectivity index (χ0n) is 17.3. The third-order valence-corrected chi connectivity index (χ3v) is 5.61. The second-order valence-electron chi connectivity index (χ2n) is 8.32. The van der Waals surface area contributed by atoms with E-state index in [0.717, 1.165) is 24.6 Å². The maximum Gasteiger partial charge on any atom is 0.225 e. The third kappa shape index (κ3) is 4.94. The third-order valence-electron chi connectivity index (χ3n) is 5.61. The van der Waals surface area contributed by atoms with Crippen molar-refractivity contribution in [2.24, 2.45) is 5.92 Å². The predicted molar refractivity (Wildman–Crippen MR) is 120 cm³/mol. The lowest BCUT2D eigenvalue weighted by Crippen LogP contribution is -2.24. The Bertz CT molecular complexity index is 909. The molecular weight excluding hydrogens is 356 g/mol. The molecule has 1 aromatic heterocycles. The smallest absolute Gasteiger partial charge is 0.225 e. The summed E-state index contributed by atoms with van der Waals surface area (Å²) in [7, 11) is 0. The van der Waals surface area contributed by atoms with Crippen LogP contribution in [0.15, 0.2) is 66.7 Å². The summed E-state index contributed by atoms with van der Waals surface area (Å²) in [5, 5.41) is 6.91. The van der Waals surface area contributed by atoms with Crippen LogP contribution in [0.5, 0.6) is 0 Å². The first kappa shape index (κ1) is 19.4. The van der Waals surface area contributed by atoms with E-state index in [1.165, 1.54) is 24.0 Å². The molecule has 2 aromatic carbocycles. The average Bonchev–Trinajstić information content (AvgIpc) is 2.71. The van der Waals surface area contributed by atoms with E-state index < -0.39 is 0 Å². The molecule has 1 saturated carbocycles. The van der Waals surface area contributed by atoms with E-state index >= 15 is 0 Å². The Morgan fingerprint density at radius 3 is 2.21 bits per heavy atom. The summed E-state index contributed by atoms with van der Waals surface area (Å²) in [5.41, 5.74) is 3.78. The number of nitrogens with zero attached hydrogens (tertiary/aromatic N) is 2. The summed E-state index contributed by atoms with van der Waals surface area (Å²) in [5.74, 6) is 3.19. The van der Waals surface area contributed by atoms with Crippen LogP contribution in [-0.2, 0) is 6.54 Å². The van der Waals surface area contributed by atoms with Crippen molar-refractivity contribution in [3.63, 3.8) is 0 Å². The van der Waals surface area contributed by atoms with Crippen molar-refractivity contribution in [2.75, 3.05) is 17.2 Å². The number of aromatic nitrogens is 2. The molecule has 29 heavy (non-hydrogen) atoms. The fourth-order valence-corrected chi connectivity index (χ4v) is 3.86. The minimum absolute atomic E-state index is 0.456. The molecule has 2 N–H and O–H groups in total. The van der Waals surface area contributed by atoms with Gasteiger partial charge in [-0.05, 0) is 35.8 Å². The summed E-state index contributed by atoms with van der Waals surface area (Å²) >= 11 is 0. The molecule has 4 rings (SSSR count). The summed E-state index contributed by atoms with van der Waals surface area (Å²) < 4.78 is 0. The van der Waals surface area contributed by atoms with Gasteiger partial charge in [-0.3, -0.25) is 0 Å². The van der Waals surface area contributed by atoms with Crippen LogP contribution in [0.3, 0.4) is 0 Å².